The summed E-state index contributed by atoms with van der Waals surface area (Å²) >= 11 is 0. The van der Waals surface area contributed by atoms with Crippen LogP contribution < -0.4 is 5.32 Å². The maximum atomic E-state index is 12.7. The minimum absolute atomic E-state index is 0.0896. The van der Waals surface area contributed by atoms with Gasteiger partial charge in [0.15, 0.2) is 0 Å². The van der Waals surface area contributed by atoms with Crippen molar-refractivity contribution in [2.75, 3.05) is 26.3 Å². The number of hydrogen-bond acceptors (Lipinski definition) is 4. The number of carbonyl (C=O) groups excluding carboxylic acids is 1. The molecule has 0 aromatic rings. The van der Waals surface area contributed by atoms with Crippen LogP contribution in [0.4, 0.5) is 0 Å². The highest BCUT2D eigenvalue weighted by Gasteiger charge is 2.44. The van der Waals surface area contributed by atoms with Gasteiger partial charge < -0.3 is 14.8 Å². The van der Waals surface area contributed by atoms with Crippen LogP contribution in [-0.4, -0.2) is 60.9 Å². The maximum absolute atomic E-state index is 12.7. The Balaban J connectivity index is 1.37. The molecule has 1 aliphatic carbocycles. The molecule has 4 rings (SSSR count). The van der Waals surface area contributed by atoms with Gasteiger partial charge >= 0.3 is 0 Å². The van der Waals surface area contributed by atoms with Crippen LogP contribution in [0.25, 0.3) is 0 Å². The van der Waals surface area contributed by atoms with Gasteiger partial charge in [-0.25, -0.2) is 0 Å². The topological polar surface area (TPSA) is 50.8 Å². The highest BCUT2D eigenvalue weighted by Crippen LogP contribution is 2.39. The number of amides is 1. The van der Waals surface area contributed by atoms with Crippen molar-refractivity contribution in [2.45, 2.75) is 75.2 Å². The lowest BCUT2D eigenvalue weighted by atomic mass is 9.89. The van der Waals surface area contributed by atoms with E-state index in [0.717, 1.165) is 52.0 Å². The number of carbonyl (C=O) groups is 1. The molecule has 3 heterocycles. The number of morpholine rings is 1. The molecule has 4 fully saturated rings. The normalized spacial score (nSPS) is 37.5. The van der Waals surface area contributed by atoms with E-state index in [1.54, 1.807) is 0 Å². The number of fused-ring (bicyclic) bond motifs is 2. The molecule has 1 amide bonds. The van der Waals surface area contributed by atoms with E-state index in [1.165, 1.54) is 19.3 Å². The largest absolute Gasteiger partial charge is 0.379 e. The molecule has 2 bridgehead atoms. The van der Waals surface area contributed by atoms with Crippen molar-refractivity contribution in [3.63, 3.8) is 0 Å². The Morgan fingerprint density at radius 1 is 1.18 bits per heavy atom. The van der Waals surface area contributed by atoms with Gasteiger partial charge in [-0.2, -0.15) is 0 Å². The van der Waals surface area contributed by atoms with E-state index in [1.807, 2.05) is 0 Å². The second-order valence-corrected chi connectivity index (χ2v) is 7.49. The first-order valence-corrected chi connectivity index (χ1v) is 9.03. The minimum Gasteiger partial charge on any atom is -0.379 e. The number of ether oxygens (including phenoxy) is 2. The van der Waals surface area contributed by atoms with Gasteiger partial charge in [-0.05, 0) is 32.1 Å². The fourth-order valence-electron chi connectivity index (χ4n) is 5.02. The zero-order chi connectivity index (χ0) is 15.0. The van der Waals surface area contributed by atoms with Gasteiger partial charge in [-0.3, -0.25) is 9.69 Å². The molecule has 0 radical (unpaired) electrons. The molecule has 5 heteroatoms. The molecule has 3 atom stereocenters. The van der Waals surface area contributed by atoms with E-state index in [-0.39, 0.29) is 23.6 Å². The van der Waals surface area contributed by atoms with Gasteiger partial charge in [0, 0.05) is 25.0 Å². The second kappa shape index (κ2) is 6.10. The quantitative estimate of drug-likeness (QED) is 0.854. The van der Waals surface area contributed by atoms with Crippen LogP contribution in [-0.2, 0) is 14.3 Å². The zero-order valence-electron chi connectivity index (χ0n) is 13.4. The summed E-state index contributed by atoms with van der Waals surface area (Å²) in [6.45, 7) is 3.57. The zero-order valence-corrected chi connectivity index (χ0v) is 13.4. The molecular weight excluding hydrogens is 280 g/mol. The molecule has 0 unspecified atom stereocenters. The third-order valence-corrected chi connectivity index (χ3v) is 6.16. The summed E-state index contributed by atoms with van der Waals surface area (Å²) in [5.74, 6) is 0.231. The number of hydrogen-bond donors (Lipinski definition) is 1. The third kappa shape index (κ3) is 2.79. The first-order chi connectivity index (χ1) is 10.8. The van der Waals surface area contributed by atoms with Crippen LogP contribution in [0.15, 0.2) is 0 Å². The molecular formula is C17H28N2O3. The molecule has 0 aromatic carbocycles. The van der Waals surface area contributed by atoms with E-state index < -0.39 is 0 Å². The van der Waals surface area contributed by atoms with Crippen LogP contribution in [0, 0.1) is 0 Å². The molecule has 3 aliphatic heterocycles. The minimum atomic E-state index is 0.0896. The van der Waals surface area contributed by atoms with Crippen LogP contribution in [0.3, 0.4) is 0 Å². The Bertz CT molecular complexity index is 416. The lowest BCUT2D eigenvalue weighted by Gasteiger charge is -2.43. The highest BCUT2D eigenvalue weighted by molar-refractivity contribution is 5.77. The van der Waals surface area contributed by atoms with Crippen molar-refractivity contribution in [1.82, 2.24) is 10.2 Å². The molecule has 1 N–H and O–H groups in total. The lowest BCUT2D eigenvalue weighted by Crippen LogP contribution is -2.55. The van der Waals surface area contributed by atoms with Crippen molar-refractivity contribution < 1.29 is 14.3 Å². The maximum Gasteiger partial charge on any atom is 0.222 e. The predicted octanol–water partition coefficient (Wildman–Crippen LogP) is 1.46. The van der Waals surface area contributed by atoms with Gasteiger partial charge in [-0.1, -0.05) is 12.8 Å². The molecule has 22 heavy (non-hydrogen) atoms. The Labute approximate surface area is 132 Å². The van der Waals surface area contributed by atoms with Crippen molar-refractivity contribution in [1.29, 1.82) is 0 Å². The van der Waals surface area contributed by atoms with Gasteiger partial charge in [0.05, 0.1) is 31.5 Å². The SMILES string of the molecule is O=C(CC1(N2CCOCC2)CCCC1)N[C@@H]1C[C@H]2CC[C@H]1O2. The molecule has 0 aromatic heterocycles. The van der Waals surface area contributed by atoms with E-state index in [0.29, 0.717) is 12.5 Å². The van der Waals surface area contributed by atoms with E-state index in [2.05, 4.69) is 10.2 Å². The van der Waals surface area contributed by atoms with E-state index in [4.69, 9.17) is 9.47 Å². The molecule has 124 valence electrons. The Kier molecular flexibility index (Phi) is 4.13. The summed E-state index contributed by atoms with van der Waals surface area (Å²) in [4.78, 5) is 15.2. The fourth-order valence-corrected chi connectivity index (χ4v) is 5.02. The average Bonchev–Trinajstić information content (AvgIpc) is 3.25. The molecule has 0 spiro atoms. The van der Waals surface area contributed by atoms with Crippen LogP contribution >= 0.6 is 0 Å². The van der Waals surface area contributed by atoms with E-state index in [9.17, 15) is 4.79 Å². The highest BCUT2D eigenvalue weighted by atomic mass is 16.5. The fraction of sp³-hybridized carbons (Fsp3) is 0.941. The second-order valence-electron chi connectivity index (χ2n) is 7.49. The van der Waals surface area contributed by atoms with E-state index >= 15 is 0 Å². The first-order valence-electron chi connectivity index (χ1n) is 9.03. The summed E-state index contributed by atoms with van der Waals surface area (Å²) in [6, 6.07) is 0.259. The smallest absolute Gasteiger partial charge is 0.222 e. The summed E-state index contributed by atoms with van der Waals surface area (Å²) in [6.07, 6.45) is 9.46. The van der Waals surface area contributed by atoms with Crippen molar-refractivity contribution in [3.8, 4) is 0 Å². The number of rotatable bonds is 4. The van der Waals surface area contributed by atoms with Gasteiger partial charge in [-0.15, -0.1) is 0 Å². The monoisotopic (exact) mass is 308 g/mol. The molecule has 3 saturated heterocycles. The summed E-state index contributed by atoms with van der Waals surface area (Å²) in [7, 11) is 0. The summed E-state index contributed by atoms with van der Waals surface area (Å²) in [5, 5.41) is 3.28. The third-order valence-electron chi connectivity index (χ3n) is 6.16. The summed E-state index contributed by atoms with van der Waals surface area (Å²) in [5.41, 5.74) is 0.0896. The van der Waals surface area contributed by atoms with Gasteiger partial charge in [0.1, 0.15) is 0 Å². The van der Waals surface area contributed by atoms with Gasteiger partial charge in [0.25, 0.3) is 0 Å². The Morgan fingerprint density at radius 3 is 2.59 bits per heavy atom. The molecule has 4 aliphatic rings. The number of nitrogens with zero attached hydrogens (tertiary/aromatic N) is 1. The number of nitrogens with one attached hydrogen (secondary N) is 1. The molecule has 1 saturated carbocycles. The van der Waals surface area contributed by atoms with Crippen molar-refractivity contribution in [2.24, 2.45) is 0 Å². The van der Waals surface area contributed by atoms with Crippen molar-refractivity contribution >= 4 is 5.91 Å². The average molecular weight is 308 g/mol. The molecule has 5 nitrogen and oxygen atoms in total. The Morgan fingerprint density at radius 2 is 1.95 bits per heavy atom. The first kappa shape index (κ1) is 14.9. The lowest BCUT2D eigenvalue weighted by molar-refractivity contribution is -0.126. The Hall–Kier alpha value is -0.650. The predicted molar refractivity (Wildman–Crippen MR) is 82.7 cm³/mol. The van der Waals surface area contributed by atoms with Crippen LogP contribution in [0.2, 0.25) is 0 Å². The standard InChI is InChI=1S/C17H28N2O3/c20-16(18-14-11-13-3-4-15(14)22-13)12-17(5-1-2-6-17)19-7-9-21-10-8-19/h13-15H,1-12H2,(H,18,20)/t13-,14-,15-/m1/s1. The van der Waals surface area contributed by atoms with Crippen LogP contribution in [0.5, 0.6) is 0 Å². The summed E-state index contributed by atoms with van der Waals surface area (Å²) < 4.78 is 11.3. The van der Waals surface area contributed by atoms with Gasteiger partial charge in [0.2, 0.25) is 5.91 Å². The van der Waals surface area contributed by atoms with Crippen LogP contribution in [0.1, 0.15) is 51.4 Å². The van der Waals surface area contributed by atoms with Crippen molar-refractivity contribution in [3.05, 3.63) is 0 Å².